The highest BCUT2D eigenvalue weighted by atomic mass is 16.1. The number of hydrogen-bond acceptors (Lipinski definition) is 4. The Kier molecular flexibility index (Phi) is 4.20. The number of pyridine rings is 1. The van der Waals surface area contributed by atoms with Gasteiger partial charge in [-0.1, -0.05) is 6.07 Å². The fourth-order valence-corrected chi connectivity index (χ4v) is 1.92. The van der Waals surface area contributed by atoms with E-state index in [0.717, 1.165) is 11.3 Å². The maximum Gasteiger partial charge on any atom is 0.253 e. The minimum absolute atomic E-state index is 0.148. The largest absolute Gasteiger partial charge is 0.399 e. The highest BCUT2D eigenvalue weighted by Crippen LogP contribution is 2.20. The third kappa shape index (κ3) is 3.06. The maximum atomic E-state index is 11.8. The Hall–Kier alpha value is -2.56. The van der Waals surface area contributed by atoms with Crippen LogP contribution in [0.25, 0.3) is 0 Å². The smallest absolute Gasteiger partial charge is 0.253 e. The average Bonchev–Trinajstić information content (AvgIpc) is 2.46. The highest BCUT2D eigenvalue weighted by Gasteiger charge is 2.10. The van der Waals surface area contributed by atoms with Gasteiger partial charge in [0.05, 0.1) is 17.8 Å². The van der Waals surface area contributed by atoms with Gasteiger partial charge >= 0.3 is 0 Å². The lowest BCUT2D eigenvalue weighted by atomic mass is 10.1. The van der Waals surface area contributed by atoms with Gasteiger partial charge in [0.1, 0.15) is 0 Å². The van der Waals surface area contributed by atoms with E-state index in [1.165, 1.54) is 0 Å². The Bertz CT molecular complexity index is 625. The molecule has 2 rings (SSSR count). The number of nitrogens with two attached hydrogens (primary N) is 1. The third-order valence-corrected chi connectivity index (χ3v) is 3.08. The molecule has 1 aromatic heterocycles. The Labute approximate surface area is 118 Å². The molecule has 104 valence electrons. The number of nitrogens with one attached hydrogen (secondary N) is 2. The van der Waals surface area contributed by atoms with Crippen molar-refractivity contribution in [1.29, 1.82) is 0 Å². The first-order chi connectivity index (χ1) is 9.61. The summed E-state index contributed by atoms with van der Waals surface area (Å²) >= 11 is 0. The van der Waals surface area contributed by atoms with Crippen LogP contribution >= 0.6 is 0 Å². The summed E-state index contributed by atoms with van der Waals surface area (Å²) in [5, 5.41) is 5.84. The van der Waals surface area contributed by atoms with Crippen molar-refractivity contribution >= 4 is 17.3 Å². The molecule has 20 heavy (non-hydrogen) atoms. The Morgan fingerprint density at radius 3 is 2.85 bits per heavy atom. The van der Waals surface area contributed by atoms with Crippen LogP contribution in [0.2, 0.25) is 0 Å². The molecule has 0 spiro atoms. The molecule has 0 aliphatic carbocycles. The first-order valence-electron chi connectivity index (χ1n) is 6.38. The Morgan fingerprint density at radius 1 is 1.35 bits per heavy atom. The second-order valence-corrected chi connectivity index (χ2v) is 4.50. The molecule has 0 saturated carbocycles. The van der Waals surface area contributed by atoms with Crippen molar-refractivity contribution in [2.75, 3.05) is 18.1 Å². The van der Waals surface area contributed by atoms with Crippen molar-refractivity contribution in [2.45, 2.75) is 13.5 Å². The highest BCUT2D eigenvalue weighted by molar-refractivity contribution is 6.00. The topological polar surface area (TPSA) is 80.0 Å². The second-order valence-electron chi connectivity index (χ2n) is 4.50. The summed E-state index contributed by atoms with van der Waals surface area (Å²) < 4.78 is 0. The van der Waals surface area contributed by atoms with E-state index in [-0.39, 0.29) is 5.91 Å². The second kappa shape index (κ2) is 6.06. The first kappa shape index (κ1) is 13.9. The van der Waals surface area contributed by atoms with E-state index in [4.69, 9.17) is 5.73 Å². The van der Waals surface area contributed by atoms with Crippen LogP contribution in [0.1, 0.15) is 21.6 Å². The lowest BCUT2D eigenvalue weighted by Crippen LogP contribution is -2.20. The van der Waals surface area contributed by atoms with Gasteiger partial charge in [-0.25, -0.2) is 0 Å². The number of aryl methyl sites for hydroxylation is 1. The fraction of sp³-hybridized carbons (Fsp3) is 0.200. The molecule has 0 radical (unpaired) electrons. The van der Waals surface area contributed by atoms with Crippen LogP contribution in [0.4, 0.5) is 11.4 Å². The minimum Gasteiger partial charge on any atom is -0.399 e. The van der Waals surface area contributed by atoms with Crippen LogP contribution in [0.5, 0.6) is 0 Å². The zero-order valence-corrected chi connectivity index (χ0v) is 11.6. The minimum atomic E-state index is -0.148. The van der Waals surface area contributed by atoms with E-state index in [9.17, 15) is 4.79 Å². The third-order valence-electron chi connectivity index (χ3n) is 3.08. The Morgan fingerprint density at radius 2 is 2.15 bits per heavy atom. The fourth-order valence-electron chi connectivity index (χ4n) is 1.92. The predicted molar refractivity (Wildman–Crippen MR) is 80.5 cm³/mol. The molecule has 1 heterocycles. The summed E-state index contributed by atoms with van der Waals surface area (Å²) in [7, 11) is 1.60. The molecule has 0 atom stereocenters. The summed E-state index contributed by atoms with van der Waals surface area (Å²) in [6.45, 7) is 2.54. The SMILES string of the molecule is CNC(=O)c1ccc(N)cc1NCc1ncccc1C. The number of anilines is 2. The van der Waals surface area contributed by atoms with Gasteiger partial charge < -0.3 is 16.4 Å². The number of rotatable bonds is 4. The van der Waals surface area contributed by atoms with Gasteiger partial charge in [0.2, 0.25) is 0 Å². The molecule has 0 unspecified atom stereocenters. The normalized spacial score (nSPS) is 10.1. The number of nitrogen functional groups attached to an aromatic ring is 1. The quantitative estimate of drug-likeness (QED) is 0.742. The van der Waals surface area contributed by atoms with Crippen LogP contribution in [-0.2, 0) is 6.54 Å². The van der Waals surface area contributed by atoms with Crippen LogP contribution < -0.4 is 16.4 Å². The zero-order chi connectivity index (χ0) is 14.5. The molecule has 5 nitrogen and oxygen atoms in total. The lowest BCUT2D eigenvalue weighted by molar-refractivity contribution is 0.0964. The van der Waals surface area contributed by atoms with Crippen molar-refractivity contribution in [3.8, 4) is 0 Å². The van der Waals surface area contributed by atoms with Crippen LogP contribution in [0.3, 0.4) is 0 Å². The number of aromatic nitrogens is 1. The predicted octanol–water partition coefficient (Wildman–Crippen LogP) is 1.94. The van der Waals surface area contributed by atoms with Gasteiger partial charge in [-0.3, -0.25) is 9.78 Å². The molecule has 2 aromatic rings. The van der Waals surface area contributed by atoms with Crippen molar-refractivity contribution in [2.24, 2.45) is 0 Å². The molecule has 1 aromatic carbocycles. The van der Waals surface area contributed by atoms with Gasteiger partial charge in [0.15, 0.2) is 0 Å². The molecule has 0 aliphatic heterocycles. The van der Waals surface area contributed by atoms with Gasteiger partial charge in [0.25, 0.3) is 5.91 Å². The monoisotopic (exact) mass is 270 g/mol. The molecule has 0 fully saturated rings. The molecule has 0 saturated heterocycles. The summed E-state index contributed by atoms with van der Waals surface area (Å²) in [4.78, 5) is 16.1. The molecule has 0 aliphatic rings. The summed E-state index contributed by atoms with van der Waals surface area (Å²) in [6.07, 6.45) is 1.75. The van der Waals surface area contributed by atoms with Crippen LogP contribution in [0.15, 0.2) is 36.5 Å². The van der Waals surface area contributed by atoms with Gasteiger partial charge in [0, 0.05) is 24.6 Å². The van der Waals surface area contributed by atoms with Crippen LogP contribution in [0, 0.1) is 6.92 Å². The molecular formula is C15H18N4O. The van der Waals surface area contributed by atoms with E-state index in [0.29, 0.717) is 23.5 Å². The number of carbonyl (C=O) groups excluding carboxylic acids is 1. The molecule has 5 heteroatoms. The van der Waals surface area contributed by atoms with E-state index in [2.05, 4.69) is 15.6 Å². The van der Waals surface area contributed by atoms with Crippen LogP contribution in [-0.4, -0.2) is 17.9 Å². The Balaban J connectivity index is 2.22. The van der Waals surface area contributed by atoms with E-state index in [1.54, 1.807) is 31.4 Å². The van der Waals surface area contributed by atoms with Crippen molar-refractivity contribution in [3.63, 3.8) is 0 Å². The number of benzene rings is 1. The van der Waals surface area contributed by atoms with Gasteiger partial charge in [-0.15, -0.1) is 0 Å². The number of nitrogens with zero attached hydrogens (tertiary/aromatic N) is 1. The van der Waals surface area contributed by atoms with E-state index < -0.39 is 0 Å². The molecular weight excluding hydrogens is 252 g/mol. The molecule has 0 bridgehead atoms. The number of hydrogen-bond donors (Lipinski definition) is 3. The average molecular weight is 270 g/mol. The number of carbonyl (C=O) groups is 1. The van der Waals surface area contributed by atoms with Gasteiger partial charge in [-0.05, 0) is 36.8 Å². The van der Waals surface area contributed by atoms with Crippen molar-refractivity contribution < 1.29 is 4.79 Å². The molecule has 1 amide bonds. The summed E-state index contributed by atoms with van der Waals surface area (Å²) in [5.41, 5.74) is 9.70. The lowest BCUT2D eigenvalue weighted by Gasteiger charge is -2.12. The molecule has 4 N–H and O–H groups in total. The summed E-state index contributed by atoms with van der Waals surface area (Å²) in [5.74, 6) is -0.148. The summed E-state index contributed by atoms with van der Waals surface area (Å²) in [6, 6.07) is 9.07. The first-order valence-corrected chi connectivity index (χ1v) is 6.38. The van der Waals surface area contributed by atoms with Crippen molar-refractivity contribution in [3.05, 3.63) is 53.3 Å². The van der Waals surface area contributed by atoms with Gasteiger partial charge in [-0.2, -0.15) is 0 Å². The standard InChI is InChI=1S/C15H18N4O/c1-10-4-3-7-18-14(10)9-19-13-8-11(16)5-6-12(13)15(20)17-2/h3-8,19H,9,16H2,1-2H3,(H,17,20). The van der Waals surface area contributed by atoms with E-state index in [1.807, 2.05) is 19.1 Å². The maximum absolute atomic E-state index is 11.8. The number of amides is 1. The van der Waals surface area contributed by atoms with Crippen molar-refractivity contribution in [1.82, 2.24) is 10.3 Å². The zero-order valence-electron chi connectivity index (χ0n) is 11.6. The van der Waals surface area contributed by atoms with E-state index >= 15 is 0 Å².